The predicted molar refractivity (Wildman–Crippen MR) is 132 cm³/mol. The van der Waals surface area contributed by atoms with Crippen LogP contribution in [0.4, 0.5) is 0 Å². The van der Waals surface area contributed by atoms with Gasteiger partial charge in [-0.25, -0.2) is 4.98 Å². The topological polar surface area (TPSA) is 42.0 Å². The molecule has 3 aromatic carbocycles. The Bertz CT molecular complexity index is 1080. The van der Waals surface area contributed by atoms with Crippen LogP contribution < -0.4 is 5.32 Å². The Morgan fingerprint density at radius 2 is 1.32 bits per heavy atom. The van der Waals surface area contributed by atoms with Gasteiger partial charge in [-0.15, -0.1) is 0 Å². The lowest BCUT2D eigenvalue weighted by atomic mass is 10.0. The monoisotopic (exact) mass is 412 g/mol. The second-order valence-electron chi connectivity index (χ2n) is 6.54. The minimum Gasteiger partial charge on any atom is -0.345 e. The van der Waals surface area contributed by atoms with Crippen molar-refractivity contribution in [3.8, 4) is 11.3 Å². The summed E-state index contributed by atoms with van der Waals surface area (Å²) in [6.45, 7) is 9.99. The lowest BCUT2D eigenvalue weighted by molar-refractivity contribution is 0.0941. The van der Waals surface area contributed by atoms with E-state index in [2.05, 4.69) is 5.32 Å². The van der Waals surface area contributed by atoms with Gasteiger partial charge in [-0.3, -0.25) is 4.79 Å². The highest BCUT2D eigenvalue weighted by atomic mass is 16.1. The van der Waals surface area contributed by atoms with Crippen molar-refractivity contribution in [1.29, 1.82) is 0 Å². The van der Waals surface area contributed by atoms with Crippen molar-refractivity contribution in [2.45, 2.75) is 40.7 Å². The van der Waals surface area contributed by atoms with Gasteiger partial charge >= 0.3 is 0 Å². The summed E-state index contributed by atoms with van der Waals surface area (Å²) in [5, 5.41) is 3.97. The van der Waals surface area contributed by atoms with Crippen molar-refractivity contribution in [2.75, 3.05) is 0 Å². The number of carbonyl (C=O) groups is 1. The number of hydrogen-bond donors (Lipinski definition) is 1. The van der Waals surface area contributed by atoms with Crippen molar-refractivity contribution in [3.63, 3.8) is 0 Å². The molecule has 0 aliphatic heterocycles. The minimum atomic E-state index is -0.0952. The largest absolute Gasteiger partial charge is 0.345 e. The van der Waals surface area contributed by atoms with Crippen molar-refractivity contribution in [1.82, 2.24) is 10.3 Å². The van der Waals surface area contributed by atoms with Gasteiger partial charge < -0.3 is 5.32 Å². The predicted octanol–water partition coefficient (Wildman–Crippen LogP) is 7.45. The number of para-hydroxylation sites is 1. The molecule has 0 bridgehead atoms. The van der Waals surface area contributed by atoms with Crippen molar-refractivity contribution >= 4 is 16.8 Å². The van der Waals surface area contributed by atoms with E-state index >= 15 is 0 Å². The first-order valence-electron chi connectivity index (χ1n) is 11.0. The average Bonchev–Trinajstić information content (AvgIpc) is 2.86. The van der Waals surface area contributed by atoms with Crippen LogP contribution in [0.15, 0.2) is 91.0 Å². The lowest BCUT2D eigenvalue weighted by Crippen LogP contribution is -2.27. The van der Waals surface area contributed by atoms with Crippen molar-refractivity contribution in [2.24, 2.45) is 0 Å². The number of benzene rings is 3. The van der Waals surface area contributed by atoms with Gasteiger partial charge in [-0.2, -0.15) is 0 Å². The van der Waals surface area contributed by atoms with E-state index in [9.17, 15) is 4.79 Å². The molecule has 3 nitrogen and oxygen atoms in total. The maximum absolute atomic E-state index is 13.1. The molecule has 0 aliphatic rings. The number of aromatic nitrogens is 1. The Morgan fingerprint density at radius 3 is 1.97 bits per heavy atom. The second kappa shape index (κ2) is 12.3. The molecule has 31 heavy (non-hydrogen) atoms. The fourth-order valence-corrected chi connectivity index (χ4v) is 3.22. The highest BCUT2D eigenvalue weighted by Crippen LogP contribution is 2.25. The zero-order valence-electron chi connectivity index (χ0n) is 19.1. The maximum Gasteiger partial charge on any atom is 0.252 e. The molecule has 1 heterocycles. The first-order valence-corrected chi connectivity index (χ1v) is 11.0. The van der Waals surface area contributed by atoms with Crippen LogP contribution in [0.3, 0.4) is 0 Å². The van der Waals surface area contributed by atoms with Gasteiger partial charge in [0.1, 0.15) is 0 Å². The van der Waals surface area contributed by atoms with E-state index in [1.807, 2.05) is 126 Å². The molecular formula is C28H32N2O. The molecule has 1 amide bonds. The number of rotatable bonds is 4. The molecule has 1 N–H and O–H groups in total. The Kier molecular flexibility index (Phi) is 9.44. The van der Waals surface area contributed by atoms with Gasteiger partial charge in [0, 0.05) is 10.9 Å². The highest BCUT2D eigenvalue weighted by Gasteiger charge is 2.16. The Hall–Kier alpha value is -3.46. The van der Waals surface area contributed by atoms with Gasteiger partial charge in [-0.05, 0) is 24.6 Å². The summed E-state index contributed by atoms with van der Waals surface area (Å²) in [4.78, 5) is 17.8. The molecule has 0 radical (unpaired) electrons. The molecule has 0 aliphatic carbocycles. The number of hydrogen-bond acceptors (Lipinski definition) is 2. The van der Waals surface area contributed by atoms with Crippen molar-refractivity contribution in [3.05, 3.63) is 102 Å². The molecule has 4 aromatic rings. The third-order valence-electron chi connectivity index (χ3n) is 4.68. The summed E-state index contributed by atoms with van der Waals surface area (Å²) >= 11 is 0. The van der Waals surface area contributed by atoms with E-state index in [0.717, 1.165) is 27.7 Å². The van der Waals surface area contributed by atoms with Gasteiger partial charge in [0.05, 0.1) is 22.8 Å². The Labute approximate surface area is 186 Å². The minimum absolute atomic E-state index is 0.0780. The van der Waals surface area contributed by atoms with E-state index in [0.29, 0.717) is 5.56 Å². The smallest absolute Gasteiger partial charge is 0.252 e. The molecule has 0 fully saturated rings. The number of fused-ring (bicyclic) bond motifs is 1. The normalized spacial score (nSPS) is 10.7. The third kappa shape index (κ3) is 6.02. The molecule has 1 aromatic heterocycles. The van der Waals surface area contributed by atoms with Gasteiger partial charge in [-0.1, -0.05) is 107 Å². The summed E-state index contributed by atoms with van der Waals surface area (Å²) in [5.41, 5.74) is 4.33. The van der Waals surface area contributed by atoms with E-state index < -0.39 is 0 Å². The van der Waals surface area contributed by atoms with Gasteiger partial charge in [0.2, 0.25) is 0 Å². The number of amides is 1. The summed E-state index contributed by atoms with van der Waals surface area (Å²) in [6, 6.07) is 29.5. The number of nitrogens with zero attached hydrogens (tertiary/aromatic N) is 1. The van der Waals surface area contributed by atoms with Crippen LogP contribution in [0.25, 0.3) is 22.2 Å². The molecular weight excluding hydrogens is 380 g/mol. The molecule has 0 spiro atoms. The average molecular weight is 413 g/mol. The van der Waals surface area contributed by atoms with Crippen molar-refractivity contribution < 1.29 is 4.79 Å². The zero-order valence-corrected chi connectivity index (χ0v) is 19.1. The van der Waals surface area contributed by atoms with Gasteiger partial charge in [0.25, 0.3) is 5.91 Å². The van der Waals surface area contributed by atoms with Crippen LogP contribution in [-0.4, -0.2) is 10.9 Å². The van der Waals surface area contributed by atoms with Crippen LogP contribution in [0.2, 0.25) is 0 Å². The molecule has 4 rings (SSSR count). The Morgan fingerprint density at radius 1 is 0.774 bits per heavy atom. The Balaban J connectivity index is 0.000000807. The summed E-state index contributed by atoms with van der Waals surface area (Å²) in [6.07, 6.45) is 0. The molecule has 160 valence electrons. The summed E-state index contributed by atoms with van der Waals surface area (Å²) in [7, 11) is 0. The van der Waals surface area contributed by atoms with Crippen LogP contribution in [-0.2, 0) is 0 Å². The van der Waals surface area contributed by atoms with E-state index in [-0.39, 0.29) is 11.9 Å². The molecule has 0 saturated heterocycles. The third-order valence-corrected chi connectivity index (χ3v) is 4.68. The standard InChI is InChI=1S/C24H20N2O.2C2H6/c1-17(18-10-4-2-5-11-18)25-24(27)21-16-23(19-12-6-3-7-13-19)26-22-15-9-8-14-20(21)22;2*1-2/h2-17H,1H3,(H,25,27);2*1-2H3. The zero-order chi connectivity index (χ0) is 22.6. The van der Waals surface area contributed by atoms with E-state index in [1.165, 1.54) is 0 Å². The lowest BCUT2D eigenvalue weighted by Gasteiger charge is -2.16. The van der Waals surface area contributed by atoms with Gasteiger partial charge in [0.15, 0.2) is 0 Å². The number of carbonyl (C=O) groups excluding carboxylic acids is 1. The fraction of sp³-hybridized carbons (Fsp3) is 0.214. The van der Waals surface area contributed by atoms with E-state index in [4.69, 9.17) is 4.98 Å². The SMILES string of the molecule is CC.CC.CC(NC(=O)c1cc(-c2ccccc2)nc2ccccc12)c1ccccc1. The van der Waals surface area contributed by atoms with Crippen LogP contribution in [0, 0.1) is 0 Å². The first-order chi connectivity index (χ1) is 15.2. The quantitative estimate of drug-likeness (QED) is 0.378. The summed E-state index contributed by atoms with van der Waals surface area (Å²) in [5.74, 6) is -0.0952. The number of nitrogens with one attached hydrogen (secondary N) is 1. The fourth-order valence-electron chi connectivity index (χ4n) is 3.22. The molecule has 0 saturated carbocycles. The highest BCUT2D eigenvalue weighted by molar-refractivity contribution is 6.07. The first kappa shape index (κ1) is 23.8. The molecule has 1 unspecified atom stereocenters. The second-order valence-corrected chi connectivity index (χ2v) is 6.54. The summed E-state index contributed by atoms with van der Waals surface area (Å²) < 4.78 is 0. The van der Waals surface area contributed by atoms with Crippen LogP contribution in [0.1, 0.15) is 56.6 Å². The number of pyridine rings is 1. The van der Waals surface area contributed by atoms with Crippen LogP contribution in [0.5, 0.6) is 0 Å². The molecule has 1 atom stereocenters. The maximum atomic E-state index is 13.1. The molecule has 3 heteroatoms. The van der Waals surface area contributed by atoms with Crippen LogP contribution >= 0.6 is 0 Å². The van der Waals surface area contributed by atoms with E-state index in [1.54, 1.807) is 0 Å².